The molecular weight excluding hydrogens is 428 g/mol. The predicted octanol–water partition coefficient (Wildman–Crippen LogP) is 2.58. The lowest BCUT2D eigenvalue weighted by atomic mass is 9.67. The summed E-state index contributed by atoms with van der Waals surface area (Å²) in [5.41, 5.74) is 6.56. The lowest BCUT2D eigenvalue weighted by molar-refractivity contribution is -0.167. The molecular formula is C27H26N4O3. The first-order valence-corrected chi connectivity index (χ1v) is 11.1. The maximum Gasteiger partial charge on any atom is 0.337 e. The minimum absolute atomic E-state index is 0.129. The molecule has 0 radical (unpaired) electrons. The molecule has 1 aromatic heterocycles. The minimum Gasteiger partial charge on any atom is -0.467 e. The van der Waals surface area contributed by atoms with E-state index >= 15 is 0 Å². The second kappa shape index (κ2) is 8.52. The Kier molecular flexibility index (Phi) is 5.51. The van der Waals surface area contributed by atoms with Gasteiger partial charge in [-0.1, -0.05) is 72.8 Å². The van der Waals surface area contributed by atoms with Crippen molar-refractivity contribution >= 4 is 11.7 Å². The highest BCUT2D eigenvalue weighted by atomic mass is 16.5. The highest BCUT2D eigenvalue weighted by molar-refractivity contribution is 6.09. The third-order valence-electron chi connectivity index (χ3n) is 6.86. The fraction of sp³-hybridized carbons (Fsp3) is 0.222. The number of aliphatic hydroxyl groups is 1. The molecule has 3 heterocycles. The average Bonchev–Trinajstić information content (AvgIpc) is 3.23. The van der Waals surface area contributed by atoms with Crippen LogP contribution in [-0.2, 0) is 15.1 Å². The van der Waals surface area contributed by atoms with E-state index in [9.17, 15) is 9.90 Å². The number of carbonyl (C=O) groups is 1. The molecule has 3 aromatic rings. The van der Waals surface area contributed by atoms with E-state index in [1.165, 1.54) is 7.11 Å². The topological polar surface area (TPSA) is 101 Å². The summed E-state index contributed by atoms with van der Waals surface area (Å²) < 4.78 is 5.37. The summed E-state index contributed by atoms with van der Waals surface area (Å²) >= 11 is 0. The lowest BCUT2D eigenvalue weighted by Crippen LogP contribution is -2.69. The summed E-state index contributed by atoms with van der Waals surface area (Å²) in [4.78, 5) is 18.0. The summed E-state index contributed by atoms with van der Waals surface area (Å²) in [6.07, 6.45) is 5.92. The number of nitrogens with zero attached hydrogens (tertiary/aromatic N) is 3. The van der Waals surface area contributed by atoms with E-state index in [1.807, 2.05) is 78.9 Å². The van der Waals surface area contributed by atoms with Crippen molar-refractivity contribution in [1.29, 1.82) is 0 Å². The zero-order valence-electron chi connectivity index (χ0n) is 18.8. The molecule has 0 aliphatic carbocycles. The van der Waals surface area contributed by atoms with Gasteiger partial charge >= 0.3 is 5.97 Å². The maximum absolute atomic E-state index is 13.8. The van der Waals surface area contributed by atoms with Crippen LogP contribution < -0.4 is 5.73 Å². The van der Waals surface area contributed by atoms with Crippen LogP contribution in [0, 0.1) is 0 Å². The van der Waals surface area contributed by atoms with Crippen molar-refractivity contribution in [3.8, 4) is 0 Å². The number of aliphatic hydroxyl groups excluding tert-OH is 1. The normalized spacial score (nSPS) is 27.7. The Morgan fingerprint density at radius 2 is 1.79 bits per heavy atom. The second-order valence-electron chi connectivity index (χ2n) is 8.50. The standard InChI is InChI=1S/C27H26N4O3/c1-34-25(33)27-22(19-9-4-2-5-10-19)14-15-26(18-28,21-12-6-3-7-13-21)31(27)30-23(24(27)32)20-11-8-16-29-17-20/h2-17,22,24,32H,18,28H2,1H3. The fourth-order valence-electron chi connectivity index (χ4n) is 5.22. The monoisotopic (exact) mass is 454 g/mol. The zero-order valence-corrected chi connectivity index (χ0v) is 18.8. The van der Waals surface area contributed by atoms with E-state index in [-0.39, 0.29) is 6.54 Å². The van der Waals surface area contributed by atoms with Gasteiger partial charge in [-0.25, -0.2) is 4.79 Å². The summed E-state index contributed by atoms with van der Waals surface area (Å²) in [5.74, 6) is -1.13. The van der Waals surface area contributed by atoms with E-state index in [0.717, 1.165) is 11.1 Å². The predicted molar refractivity (Wildman–Crippen MR) is 129 cm³/mol. The average molecular weight is 455 g/mol. The van der Waals surface area contributed by atoms with E-state index in [0.29, 0.717) is 11.3 Å². The number of carbonyl (C=O) groups excluding carboxylic acids is 1. The molecule has 0 amide bonds. The SMILES string of the molecule is COC(=O)C12C(O)C(c3cccnc3)=NN1C(CN)(c1ccccc1)C=CC2c1ccccc1. The van der Waals surface area contributed by atoms with Gasteiger partial charge < -0.3 is 15.6 Å². The lowest BCUT2D eigenvalue weighted by Gasteiger charge is -2.53. The van der Waals surface area contributed by atoms with Crippen LogP contribution in [0.1, 0.15) is 22.6 Å². The van der Waals surface area contributed by atoms with Gasteiger partial charge in [0.05, 0.1) is 7.11 Å². The number of hydrogen-bond acceptors (Lipinski definition) is 7. The fourth-order valence-corrected chi connectivity index (χ4v) is 5.22. The molecule has 4 atom stereocenters. The van der Waals surface area contributed by atoms with Crippen molar-refractivity contribution in [1.82, 2.24) is 9.99 Å². The number of hydrogen-bond donors (Lipinski definition) is 2. The number of ether oxygens (including phenoxy) is 1. The quantitative estimate of drug-likeness (QED) is 0.454. The molecule has 4 unspecified atom stereocenters. The molecule has 34 heavy (non-hydrogen) atoms. The number of hydrazone groups is 1. The molecule has 5 rings (SSSR count). The first kappa shape index (κ1) is 22.0. The molecule has 0 saturated heterocycles. The van der Waals surface area contributed by atoms with Crippen molar-refractivity contribution in [2.24, 2.45) is 10.8 Å². The van der Waals surface area contributed by atoms with Gasteiger partial charge in [0.25, 0.3) is 0 Å². The number of nitrogens with two attached hydrogens (primary N) is 1. The van der Waals surface area contributed by atoms with Crippen molar-refractivity contribution in [2.45, 2.75) is 23.1 Å². The molecule has 2 aromatic carbocycles. The number of benzene rings is 2. The van der Waals surface area contributed by atoms with Crippen LogP contribution in [-0.4, -0.2) is 52.1 Å². The first-order chi connectivity index (χ1) is 16.6. The maximum atomic E-state index is 13.8. The molecule has 7 heteroatoms. The third-order valence-corrected chi connectivity index (χ3v) is 6.86. The van der Waals surface area contributed by atoms with Gasteiger partial charge in [-0.05, 0) is 23.3 Å². The van der Waals surface area contributed by atoms with Crippen molar-refractivity contribution < 1.29 is 14.6 Å². The molecule has 7 nitrogen and oxygen atoms in total. The highest BCUT2D eigenvalue weighted by Crippen LogP contribution is 2.53. The van der Waals surface area contributed by atoms with Crippen LogP contribution >= 0.6 is 0 Å². The van der Waals surface area contributed by atoms with Crippen LogP contribution in [0.25, 0.3) is 0 Å². The third kappa shape index (κ3) is 3.01. The minimum atomic E-state index is -1.58. The summed E-state index contributed by atoms with van der Waals surface area (Å²) in [7, 11) is 1.33. The smallest absolute Gasteiger partial charge is 0.337 e. The number of fused-ring (bicyclic) bond motifs is 1. The van der Waals surface area contributed by atoms with Gasteiger partial charge in [-0.2, -0.15) is 5.10 Å². The Balaban J connectivity index is 1.83. The van der Waals surface area contributed by atoms with Crippen LogP contribution in [0.15, 0.2) is 102 Å². The summed E-state index contributed by atoms with van der Waals surface area (Å²) in [6, 6.07) is 22.8. The number of esters is 1. The number of rotatable bonds is 5. The summed E-state index contributed by atoms with van der Waals surface area (Å²) in [6.45, 7) is 0.129. The molecule has 0 spiro atoms. The Labute approximate surface area is 198 Å². The molecule has 3 N–H and O–H groups in total. The largest absolute Gasteiger partial charge is 0.467 e. The Morgan fingerprint density at radius 1 is 1.09 bits per heavy atom. The molecule has 0 bridgehead atoms. The van der Waals surface area contributed by atoms with Gasteiger partial charge in [0.2, 0.25) is 0 Å². The van der Waals surface area contributed by atoms with Gasteiger partial charge in [0, 0.05) is 30.4 Å². The van der Waals surface area contributed by atoms with Crippen molar-refractivity contribution in [2.75, 3.05) is 13.7 Å². The molecule has 2 aliphatic heterocycles. The van der Waals surface area contributed by atoms with E-state index in [2.05, 4.69) is 4.98 Å². The van der Waals surface area contributed by atoms with Crippen LogP contribution in [0.4, 0.5) is 0 Å². The second-order valence-corrected chi connectivity index (χ2v) is 8.50. The number of aromatic nitrogens is 1. The Hall–Kier alpha value is -3.81. The number of pyridine rings is 1. The Bertz CT molecular complexity index is 1230. The first-order valence-electron chi connectivity index (χ1n) is 11.1. The van der Waals surface area contributed by atoms with Crippen LogP contribution in [0.3, 0.4) is 0 Å². The van der Waals surface area contributed by atoms with Gasteiger partial charge in [0.15, 0.2) is 5.54 Å². The zero-order chi connectivity index (χ0) is 23.8. The van der Waals surface area contributed by atoms with Gasteiger partial charge in [-0.15, -0.1) is 0 Å². The van der Waals surface area contributed by atoms with E-state index in [4.69, 9.17) is 15.6 Å². The van der Waals surface area contributed by atoms with Gasteiger partial charge in [-0.3, -0.25) is 9.99 Å². The van der Waals surface area contributed by atoms with E-state index < -0.39 is 29.1 Å². The molecule has 0 fully saturated rings. The molecule has 2 aliphatic rings. The van der Waals surface area contributed by atoms with Crippen molar-refractivity contribution in [3.63, 3.8) is 0 Å². The van der Waals surface area contributed by atoms with Gasteiger partial charge in [0.1, 0.15) is 17.4 Å². The number of methoxy groups -OCH3 is 1. The van der Waals surface area contributed by atoms with Crippen molar-refractivity contribution in [3.05, 3.63) is 114 Å². The summed E-state index contributed by atoms with van der Waals surface area (Å²) in [5, 5.41) is 18.5. The van der Waals surface area contributed by atoms with Crippen LogP contribution in [0.2, 0.25) is 0 Å². The Morgan fingerprint density at radius 3 is 2.41 bits per heavy atom. The van der Waals surface area contributed by atoms with Crippen LogP contribution in [0.5, 0.6) is 0 Å². The highest BCUT2D eigenvalue weighted by Gasteiger charge is 2.67. The van der Waals surface area contributed by atoms with E-state index in [1.54, 1.807) is 23.5 Å². The molecule has 172 valence electrons. The molecule has 0 saturated carbocycles.